The van der Waals surface area contributed by atoms with E-state index in [9.17, 15) is 9.59 Å². The van der Waals surface area contributed by atoms with Crippen LogP contribution in [-0.2, 0) is 14.3 Å². The topological polar surface area (TPSA) is 55.7 Å². The first kappa shape index (κ1) is 21.6. The number of aliphatic imine (C=N–C) groups is 1. The third kappa shape index (κ3) is 4.09. The Bertz CT molecular complexity index is 957. The highest BCUT2D eigenvalue weighted by Gasteiger charge is 2.47. The lowest BCUT2D eigenvalue weighted by Crippen LogP contribution is -2.40. The molecule has 0 N–H and O–H groups in total. The number of rotatable bonds is 3. The molecule has 160 valence electrons. The number of ketones is 1. The summed E-state index contributed by atoms with van der Waals surface area (Å²) < 4.78 is 5.87. The fraction of sp³-hybridized carbons (Fsp3) is 0.542. The quantitative estimate of drug-likeness (QED) is 0.510. The summed E-state index contributed by atoms with van der Waals surface area (Å²) in [4.78, 5) is 31.4. The van der Waals surface area contributed by atoms with Crippen LogP contribution in [0.3, 0.4) is 0 Å². The van der Waals surface area contributed by atoms with Gasteiger partial charge in [0.1, 0.15) is 12.0 Å². The van der Waals surface area contributed by atoms with E-state index in [-0.39, 0.29) is 23.3 Å². The van der Waals surface area contributed by atoms with Gasteiger partial charge < -0.3 is 4.74 Å². The monoisotopic (exact) mass is 447 g/mol. The molecule has 0 aromatic heterocycles. The van der Waals surface area contributed by atoms with E-state index in [4.69, 9.17) is 32.9 Å². The third-order valence-electron chi connectivity index (χ3n) is 6.44. The van der Waals surface area contributed by atoms with Crippen molar-refractivity contribution in [3.8, 4) is 0 Å². The summed E-state index contributed by atoms with van der Waals surface area (Å²) in [5, 5.41) is 0.964. The number of Topliss-reactive ketones (excluding diaryl/α,β-unsaturated/α-hetero) is 1. The summed E-state index contributed by atoms with van der Waals surface area (Å²) in [5.74, 6) is -1.44. The molecule has 1 unspecified atom stereocenters. The smallest absolute Gasteiger partial charge is 0.315 e. The van der Waals surface area contributed by atoms with Gasteiger partial charge in [-0.15, -0.1) is 0 Å². The summed E-state index contributed by atoms with van der Waals surface area (Å²) in [6, 6.07) is 5.23. The molecular formula is C24H27Cl2NO3. The van der Waals surface area contributed by atoms with Crippen molar-refractivity contribution in [2.24, 2.45) is 16.3 Å². The first-order chi connectivity index (χ1) is 14.2. The van der Waals surface area contributed by atoms with E-state index >= 15 is 0 Å². The van der Waals surface area contributed by atoms with E-state index in [0.717, 1.165) is 36.9 Å². The molecule has 4 nitrogen and oxygen atoms in total. The maximum atomic E-state index is 13.3. The zero-order valence-electron chi connectivity index (χ0n) is 17.6. The van der Waals surface area contributed by atoms with Crippen LogP contribution in [0, 0.1) is 11.3 Å². The van der Waals surface area contributed by atoms with Crippen LogP contribution in [0.5, 0.6) is 0 Å². The Hall–Kier alpha value is -1.65. The van der Waals surface area contributed by atoms with Crippen molar-refractivity contribution in [3.05, 3.63) is 45.1 Å². The van der Waals surface area contributed by atoms with Crippen LogP contribution in [-0.4, -0.2) is 23.6 Å². The molecule has 1 aliphatic heterocycles. The van der Waals surface area contributed by atoms with Gasteiger partial charge in [0.05, 0.1) is 0 Å². The number of carbonyl (C=O) groups excluding carboxylic acids is 2. The van der Waals surface area contributed by atoms with Crippen LogP contribution in [0.4, 0.5) is 0 Å². The van der Waals surface area contributed by atoms with Crippen molar-refractivity contribution in [3.63, 3.8) is 0 Å². The summed E-state index contributed by atoms with van der Waals surface area (Å²) >= 11 is 12.7. The molecule has 0 radical (unpaired) electrons. The average Bonchev–Trinajstić information content (AvgIpc) is 3.12. The molecule has 2 aliphatic carbocycles. The lowest BCUT2D eigenvalue weighted by atomic mass is 9.67. The number of ether oxygens (including phenoxy) is 1. The second-order valence-electron chi connectivity index (χ2n) is 9.52. The predicted molar refractivity (Wildman–Crippen MR) is 119 cm³/mol. The lowest BCUT2D eigenvalue weighted by Gasteiger charge is -2.39. The fourth-order valence-corrected chi connectivity index (χ4v) is 5.61. The van der Waals surface area contributed by atoms with Crippen molar-refractivity contribution in [1.29, 1.82) is 0 Å². The maximum absolute atomic E-state index is 13.3. The minimum Gasteiger partial charge on any atom is -0.462 e. The highest BCUT2D eigenvalue weighted by Crippen LogP contribution is 2.49. The molecule has 1 aromatic carbocycles. The van der Waals surface area contributed by atoms with Crippen LogP contribution in [0.15, 0.2) is 34.5 Å². The minimum absolute atomic E-state index is 0.0344. The van der Waals surface area contributed by atoms with E-state index in [1.807, 2.05) is 13.0 Å². The van der Waals surface area contributed by atoms with Gasteiger partial charge >= 0.3 is 5.97 Å². The molecule has 1 heterocycles. The molecule has 30 heavy (non-hydrogen) atoms. The van der Waals surface area contributed by atoms with Gasteiger partial charge in [-0.25, -0.2) is 0 Å². The molecule has 1 saturated carbocycles. The van der Waals surface area contributed by atoms with Gasteiger partial charge in [-0.1, -0.05) is 43.1 Å². The number of carbonyl (C=O) groups is 2. The van der Waals surface area contributed by atoms with Crippen molar-refractivity contribution in [2.45, 2.75) is 71.3 Å². The second kappa shape index (κ2) is 8.12. The molecule has 1 aromatic rings. The SMILES string of the molecule is CC1=NC2=C(C(=O)CC(C)(C)C2)[C@@H](c2ccc(Cl)cc2Cl)C1C(=O)OC1CCCC1. The van der Waals surface area contributed by atoms with Crippen molar-refractivity contribution < 1.29 is 14.3 Å². The van der Waals surface area contributed by atoms with Gasteiger partial charge in [-0.2, -0.15) is 0 Å². The summed E-state index contributed by atoms with van der Waals surface area (Å²) in [7, 11) is 0. The van der Waals surface area contributed by atoms with Gasteiger partial charge in [0.25, 0.3) is 0 Å². The molecule has 0 amide bonds. The molecule has 0 saturated heterocycles. The third-order valence-corrected chi connectivity index (χ3v) is 7.00. The fourth-order valence-electron chi connectivity index (χ4n) is 5.08. The Balaban J connectivity index is 1.81. The Morgan fingerprint density at radius 2 is 1.87 bits per heavy atom. The van der Waals surface area contributed by atoms with E-state index < -0.39 is 11.8 Å². The highest BCUT2D eigenvalue weighted by atomic mass is 35.5. The van der Waals surface area contributed by atoms with Crippen molar-refractivity contribution in [2.75, 3.05) is 0 Å². The molecule has 3 aliphatic rings. The standard InChI is InChI=1S/C24H27Cl2NO3/c1-13-20(23(29)30-15-6-4-5-7-15)21(16-9-8-14(25)10-17(16)26)22-18(27-13)11-24(2,3)12-19(22)28/h8-10,15,20-21H,4-7,11-12H2,1-3H3/t20?,21-/m0/s1. The van der Waals surface area contributed by atoms with Gasteiger partial charge in [-0.3, -0.25) is 14.6 Å². The van der Waals surface area contributed by atoms with E-state index in [2.05, 4.69) is 13.8 Å². The first-order valence-electron chi connectivity index (χ1n) is 10.6. The van der Waals surface area contributed by atoms with Crippen LogP contribution < -0.4 is 0 Å². The molecule has 0 bridgehead atoms. The van der Waals surface area contributed by atoms with E-state index in [1.165, 1.54) is 0 Å². The van der Waals surface area contributed by atoms with Crippen LogP contribution >= 0.6 is 23.2 Å². The Labute approximate surface area is 187 Å². The maximum Gasteiger partial charge on any atom is 0.315 e. The Morgan fingerprint density at radius 1 is 1.17 bits per heavy atom. The number of allylic oxidation sites excluding steroid dienone is 2. The largest absolute Gasteiger partial charge is 0.462 e. The second-order valence-corrected chi connectivity index (χ2v) is 10.4. The summed E-state index contributed by atoms with van der Waals surface area (Å²) in [6.07, 6.45) is 4.99. The van der Waals surface area contributed by atoms with Crippen molar-refractivity contribution >= 4 is 40.7 Å². The number of benzene rings is 1. The molecule has 6 heteroatoms. The van der Waals surface area contributed by atoms with Gasteiger partial charge in [0, 0.05) is 39.4 Å². The molecular weight excluding hydrogens is 421 g/mol. The predicted octanol–water partition coefficient (Wildman–Crippen LogP) is 6.30. The number of hydrogen-bond acceptors (Lipinski definition) is 4. The zero-order chi connectivity index (χ0) is 21.6. The Kier molecular flexibility index (Phi) is 5.84. The molecule has 0 spiro atoms. The minimum atomic E-state index is -0.659. The normalized spacial score (nSPS) is 26.4. The van der Waals surface area contributed by atoms with Gasteiger partial charge in [0.2, 0.25) is 0 Å². The van der Waals surface area contributed by atoms with Gasteiger partial charge in [0.15, 0.2) is 5.78 Å². The number of nitrogens with zero attached hydrogens (tertiary/aromatic N) is 1. The molecule has 4 rings (SSSR count). The summed E-state index contributed by atoms with van der Waals surface area (Å²) in [6.45, 7) is 6.00. The highest BCUT2D eigenvalue weighted by molar-refractivity contribution is 6.35. The van der Waals surface area contributed by atoms with Crippen LogP contribution in [0.2, 0.25) is 10.0 Å². The first-order valence-corrected chi connectivity index (χ1v) is 11.4. The summed E-state index contributed by atoms with van der Waals surface area (Å²) in [5.41, 5.74) is 2.63. The number of halogens is 2. The average molecular weight is 448 g/mol. The zero-order valence-corrected chi connectivity index (χ0v) is 19.1. The number of hydrogen-bond donors (Lipinski definition) is 0. The van der Waals surface area contributed by atoms with Crippen LogP contribution in [0.25, 0.3) is 0 Å². The Morgan fingerprint density at radius 3 is 2.53 bits per heavy atom. The van der Waals surface area contributed by atoms with E-state index in [0.29, 0.717) is 34.2 Å². The lowest BCUT2D eigenvalue weighted by molar-refractivity contribution is -0.151. The van der Waals surface area contributed by atoms with Crippen LogP contribution in [0.1, 0.15) is 70.8 Å². The van der Waals surface area contributed by atoms with E-state index in [1.54, 1.807) is 12.1 Å². The number of esters is 1. The van der Waals surface area contributed by atoms with Gasteiger partial charge in [-0.05, 0) is 62.1 Å². The molecule has 2 atom stereocenters. The molecule has 1 fully saturated rings. The van der Waals surface area contributed by atoms with Crippen molar-refractivity contribution in [1.82, 2.24) is 0 Å².